The van der Waals surface area contributed by atoms with Gasteiger partial charge in [-0.25, -0.2) is 0 Å². The summed E-state index contributed by atoms with van der Waals surface area (Å²) in [7, 11) is 0. The maximum Gasteiger partial charge on any atom is -1.00 e. The monoisotopic (exact) mass is 770 g/mol. The van der Waals surface area contributed by atoms with Crippen LogP contribution < -0.4 is 24.8 Å². The van der Waals surface area contributed by atoms with E-state index in [1.54, 1.807) is 33.4 Å². The topological polar surface area (TPSA) is 0 Å². The largest absolute Gasteiger partial charge is 1.00 e. The number of halogens is 2. The van der Waals surface area contributed by atoms with Crippen molar-refractivity contribution < 1.29 is 44.8 Å². The fourth-order valence-corrected chi connectivity index (χ4v) is 45.6. The van der Waals surface area contributed by atoms with E-state index in [0.29, 0.717) is 0 Å². The zero-order valence-corrected chi connectivity index (χ0v) is 30.3. The number of fused-ring (bicyclic) bond motifs is 3. The standard InChI is InChI=1S/2C17H15.C6H10.2ClH.Hf/c2*1-2-13-11-15-9-6-10-16(17(15)12-13)14-7-4-3-5-8-14;1-2-4-6-5-3-1;;;/h2*3-12H,2H2,1H3;1-2H,3-6H2;2*1H;/q;;;;;+2/p-2. The molecule has 1 heterocycles. The third-order valence-corrected chi connectivity index (χ3v) is 36.1. The van der Waals surface area contributed by atoms with E-state index in [-0.39, 0.29) is 24.8 Å². The third kappa shape index (κ3) is 4.64. The summed E-state index contributed by atoms with van der Waals surface area (Å²) >= 11 is -3.11. The van der Waals surface area contributed by atoms with Gasteiger partial charge in [0.2, 0.25) is 0 Å². The number of hydrogen-bond acceptors (Lipinski definition) is 0. The van der Waals surface area contributed by atoms with Crippen LogP contribution in [-0.2, 0) is 20.0 Å². The fraction of sp³-hybridized carbons (Fsp3) is 0.300. The molecule has 3 heteroatoms. The molecule has 8 rings (SSSR count). The SMILES string of the molecule is CCC1=Cc2c(-c3ccccc3)cccc2[CH]1[Hf+2]1([CH]2C(CC)=Cc3c(-c4ccccc4)cccc32)[CH]2CCCC[CH]21.[Cl-].[Cl-]. The van der Waals surface area contributed by atoms with Gasteiger partial charge in [-0.1, -0.05) is 0 Å². The molecule has 1 saturated carbocycles. The Labute approximate surface area is 274 Å². The molecule has 4 aromatic rings. The van der Waals surface area contributed by atoms with Crippen molar-refractivity contribution in [2.45, 2.75) is 67.1 Å². The maximum absolute atomic E-state index is 3.11. The van der Waals surface area contributed by atoms with Crippen molar-refractivity contribution in [1.82, 2.24) is 0 Å². The minimum absolute atomic E-state index is 0. The first-order valence-electron chi connectivity index (χ1n) is 16.0. The number of allylic oxidation sites excluding steroid dienone is 2. The summed E-state index contributed by atoms with van der Waals surface area (Å²) in [4.78, 5) is 0. The van der Waals surface area contributed by atoms with Gasteiger partial charge in [-0.05, 0) is 0 Å². The molecule has 4 unspecified atom stereocenters. The van der Waals surface area contributed by atoms with E-state index in [4.69, 9.17) is 0 Å². The molecule has 1 aliphatic heterocycles. The molecule has 4 aliphatic rings. The minimum Gasteiger partial charge on any atom is -1.00 e. The summed E-state index contributed by atoms with van der Waals surface area (Å²) in [5.41, 5.74) is 15.6. The maximum atomic E-state index is 2.67. The molecule has 43 heavy (non-hydrogen) atoms. The van der Waals surface area contributed by atoms with Crippen molar-refractivity contribution in [1.29, 1.82) is 0 Å². The van der Waals surface area contributed by atoms with Gasteiger partial charge in [0, 0.05) is 0 Å². The van der Waals surface area contributed by atoms with Crippen molar-refractivity contribution in [3.63, 3.8) is 0 Å². The summed E-state index contributed by atoms with van der Waals surface area (Å²) in [5, 5.41) is 0. The predicted molar refractivity (Wildman–Crippen MR) is 172 cm³/mol. The van der Waals surface area contributed by atoms with Crippen LogP contribution in [0, 0.1) is 0 Å². The molecule has 0 nitrogen and oxygen atoms in total. The molecule has 0 radical (unpaired) electrons. The van der Waals surface area contributed by atoms with Crippen molar-refractivity contribution in [3.05, 3.63) is 130 Å². The third-order valence-electron chi connectivity index (χ3n) is 11.2. The number of rotatable bonds is 6. The summed E-state index contributed by atoms with van der Waals surface area (Å²) in [6, 6.07) is 36.9. The molecule has 218 valence electrons. The zero-order chi connectivity index (χ0) is 27.6. The van der Waals surface area contributed by atoms with Crippen LogP contribution in [0.5, 0.6) is 0 Å². The smallest absolute Gasteiger partial charge is 1.00 e. The van der Waals surface area contributed by atoms with Crippen LogP contribution in [0.2, 0.25) is 7.35 Å². The van der Waals surface area contributed by atoms with Crippen LogP contribution in [0.3, 0.4) is 0 Å². The van der Waals surface area contributed by atoms with Gasteiger partial charge in [0.1, 0.15) is 0 Å². The molecule has 4 aromatic carbocycles. The molecule has 1 saturated heterocycles. The van der Waals surface area contributed by atoms with Gasteiger partial charge in [-0.3, -0.25) is 0 Å². The van der Waals surface area contributed by atoms with E-state index < -0.39 is 20.0 Å². The molecular weight excluding hydrogens is 730 g/mol. The van der Waals surface area contributed by atoms with Gasteiger partial charge in [-0.15, -0.1) is 0 Å². The Morgan fingerprint density at radius 3 is 1.35 bits per heavy atom. The Kier molecular flexibility index (Phi) is 8.82. The second-order valence-electron chi connectivity index (χ2n) is 12.9. The molecule has 0 bridgehead atoms. The predicted octanol–water partition coefficient (Wildman–Crippen LogP) is 5.74. The van der Waals surface area contributed by atoms with Gasteiger partial charge in [0.15, 0.2) is 0 Å². The molecule has 0 spiro atoms. The van der Waals surface area contributed by atoms with E-state index >= 15 is 0 Å². The normalized spacial score (nSPS) is 24.7. The van der Waals surface area contributed by atoms with Gasteiger partial charge in [0.25, 0.3) is 0 Å². The quantitative estimate of drug-likeness (QED) is 0.220. The van der Waals surface area contributed by atoms with Gasteiger partial charge in [0.05, 0.1) is 0 Å². The van der Waals surface area contributed by atoms with Crippen molar-refractivity contribution in [2.24, 2.45) is 0 Å². The van der Waals surface area contributed by atoms with Crippen molar-refractivity contribution in [2.75, 3.05) is 0 Å². The molecule has 4 atom stereocenters. The van der Waals surface area contributed by atoms with E-state index in [9.17, 15) is 0 Å². The summed E-state index contributed by atoms with van der Waals surface area (Å²) in [6.07, 6.45) is 13.6. The first-order valence-corrected chi connectivity index (χ1v) is 24.3. The second-order valence-corrected chi connectivity index (χ2v) is 29.5. The van der Waals surface area contributed by atoms with Crippen LogP contribution in [0.4, 0.5) is 0 Å². The van der Waals surface area contributed by atoms with E-state index in [0.717, 1.165) is 14.7 Å². The fourth-order valence-electron chi connectivity index (χ4n) is 9.70. The van der Waals surface area contributed by atoms with Crippen LogP contribution in [0.15, 0.2) is 108 Å². The van der Waals surface area contributed by atoms with E-state index in [1.807, 2.05) is 0 Å². The van der Waals surface area contributed by atoms with Crippen LogP contribution in [-0.4, -0.2) is 0 Å². The Balaban J connectivity index is 0.00000165. The van der Waals surface area contributed by atoms with Crippen molar-refractivity contribution >= 4 is 12.2 Å². The first kappa shape index (κ1) is 30.8. The zero-order valence-electron chi connectivity index (χ0n) is 25.2. The molecule has 0 N–H and O–H groups in total. The van der Waals surface area contributed by atoms with Gasteiger partial charge >= 0.3 is 252 Å². The number of benzene rings is 4. The molecular formula is C40H40Cl2Hf. The average Bonchev–Trinajstić information content (AvgIpc) is 3.32. The Bertz CT molecular complexity index is 1560. The Morgan fingerprint density at radius 1 is 0.535 bits per heavy atom. The molecule has 0 aromatic heterocycles. The summed E-state index contributed by atoms with van der Waals surface area (Å²) in [6.45, 7) is 4.88. The Hall–Kier alpha value is -2.19. The minimum atomic E-state index is -3.11. The Morgan fingerprint density at radius 2 is 0.953 bits per heavy atom. The average molecular weight is 770 g/mol. The van der Waals surface area contributed by atoms with Crippen LogP contribution in [0.25, 0.3) is 34.4 Å². The van der Waals surface area contributed by atoms with Gasteiger partial charge in [-0.2, -0.15) is 0 Å². The summed E-state index contributed by atoms with van der Waals surface area (Å²) < 4.78 is 3.53. The summed E-state index contributed by atoms with van der Waals surface area (Å²) in [5.74, 6) is 0. The van der Waals surface area contributed by atoms with Crippen LogP contribution in [0.1, 0.15) is 82.0 Å². The number of hydrogen-bond donors (Lipinski definition) is 0. The second kappa shape index (κ2) is 12.3. The molecule has 3 aliphatic carbocycles. The molecule has 2 fully saturated rings. The van der Waals surface area contributed by atoms with Crippen LogP contribution >= 0.6 is 0 Å². The first-order chi connectivity index (χ1) is 20.3. The van der Waals surface area contributed by atoms with Gasteiger partial charge < -0.3 is 24.8 Å². The van der Waals surface area contributed by atoms with E-state index in [2.05, 4.69) is 123 Å². The van der Waals surface area contributed by atoms with E-state index in [1.165, 1.54) is 60.8 Å². The molecule has 0 amide bonds. The van der Waals surface area contributed by atoms with Crippen molar-refractivity contribution in [3.8, 4) is 22.3 Å².